The lowest BCUT2D eigenvalue weighted by Gasteiger charge is -2.31. The van der Waals surface area contributed by atoms with Crippen LogP contribution in [0, 0.1) is 0 Å². The Kier molecular flexibility index (Phi) is 3.13. The second kappa shape index (κ2) is 4.92. The second-order valence-corrected chi connectivity index (χ2v) is 4.75. The van der Waals surface area contributed by atoms with Crippen molar-refractivity contribution >= 4 is 0 Å². The van der Waals surface area contributed by atoms with Crippen molar-refractivity contribution in [3.8, 4) is 11.3 Å². The van der Waals surface area contributed by atoms with Crippen LogP contribution in [0.25, 0.3) is 11.3 Å². The Morgan fingerprint density at radius 1 is 1.28 bits per heavy atom. The van der Waals surface area contributed by atoms with Crippen LogP contribution in [0.1, 0.15) is 11.9 Å². The Bertz CT molecular complexity index is 506. The van der Waals surface area contributed by atoms with E-state index >= 15 is 0 Å². The van der Waals surface area contributed by atoms with Gasteiger partial charge >= 0.3 is 0 Å². The zero-order chi connectivity index (χ0) is 12.4. The van der Waals surface area contributed by atoms with Crippen molar-refractivity contribution in [3.63, 3.8) is 0 Å². The van der Waals surface area contributed by atoms with Crippen molar-refractivity contribution in [2.75, 3.05) is 26.7 Å². The van der Waals surface area contributed by atoms with E-state index in [9.17, 15) is 0 Å². The van der Waals surface area contributed by atoms with E-state index < -0.39 is 0 Å². The molecule has 1 atom stereocenters. The first-order valence-electron chi connectivity index (χ1n) is 6.36. The van der Waals surface area contributed by atoms with Gasteiger partial charge in [0.2, 0.25) is 0 Å². The summed E-state index contributed by atoms with van der Waals surface area (Å²) in [7, 11) is 2.15. The lowest BCUT2D eigenvalue weighted by atomic mass is 10.2. The maximum absolute atomic E-state index is 4.53. The number of imidazole rings is 1. The summed E-state index contributed by atoms with van der Waals surface area (Å²) in [5.41, 5.74) is 2.27. The minimum Gasteiger partial charge on any atom is -0.341 e. The van der Waals surface area contributed by atoms with Crippen LogP contribution in [0.5, 0.6) is 0 Å². The summed E-state index contributed by atoms with van der Waals surface area (Å²) in [6, 6.07) is 10.7. The highest BCUT2D eigenvalue weighted by atomic mass is 15.2. The van der Waals surface area contributed by atoms with Gasteiger partial charge < -0.3 is 10.3 Å². The van der Waals surface area contributed by atoms with Crippen LogP contribution < -0.4 is 5.32 Å². The molecular weight excluding hydrogens is 224 g/mol. The standard InChI is InChI=1S/C14H18N4/c1-18-8-7-15-10-13(18)14-16-9-12(17-14)11-5-3-2-4-6-11/h2-6,9,13,15H,7-8,10H2,1H3,(H,16,17). The normalized spacial score (nSPS) is 21.1. The molecule has 0 amide bonds. The molecule has 18 heavy (non-hydrogen) atoms. The summed E-state index contributed by atoms with van der Waals surface area (Å²) in [5.74, 6) is 1.04. The maximum Gasteiger partial charge on any atom is 0.125 e. The Morgan fingerprint density at radius 2 is 2.11 bits per heavy atom. The smallest absolute Gasteiger partial charge is 0.125 e. The first-order chi connectivity index (χ1) is 8.84. The van der Waals surface area contributed by atoms with E-state index in [4.69, 9.17) is 0 Å². The van der Waals surface area contributed by atoms with Gasteiger partial charge in [0.05, 0.1) is 17.9 Å². The number of hydrogen-bond donors (Lipinski definition) is 2. The molecule has 1 saturated heterocycles. The molecule has 1 fully saturated rings. The fourth-order valence-electron chi connectivity index (χ4n) is 2.38. The van der Waals surface area contributed by atoms with Crippen LogP contribution in [0.4, 0.5) is 0 Å². The summed E-state index contributed by atoms with van der Waals surface area (Å²) in [5, 5.41) is 3.41. The molecule has 2 aromatic rings. The number of H-pyrrole nitrogens is 1. The first-order valence-corrected chi connectivity index (χ1v) is 6.36. The van der Waals surface area contributed by atoms with Gasteiger partial charge in [0.1, 0.15) is 5.82 Å². The molecular formula is C14H18N4. The summed E-state index contributed by atoms with van der Waals surface area (Å²) in [4.78, 5) is 10.3. The van der Waals surface area contributed by atoms with Crippen molar-refractivity contribution in [2.45, 2.75) is 6.04 Å². The summed E-state index contributed by atoms with van der Waals surface area (Å²) >= 11 is 0. The molecule has 0 bridgehead atoms. The van der Waals surface area contributed by atoms with Crippen LogP contribution in [0.15, 0.2) is 36.5 Å². The van der Waals surface area contributed by atoms with Gasteiger partial charge in [-0.15, -0.1) is 0 Å². The fraction of sp³-hybridized carbons (Fsp3) is 0.357. The number of aromatic amines is 1. The van der Waals surface area contributed by atoms with E-state index in [2.05, 4.69) is 39.4 Å². The van der Waals surface area contributed by atoms with Gasteiger partial charge in [-0.25, -0.2) is 4.98 Å². The molecule has 2 N–H and O–H groups in total. The van der Waals surface area contributed by atoms with Gasteiger partial charge in [0.25, 0.3) is 0 Å². The number of benzene rings is 1. The summed E-state index contributed by atoms with van der Waals surface area (Å²) < 4.78 is 0. The Hall–Kier alpha value is -1.65. The molecule has 0 radical (unpaired) electrons. The number of likely N-dealkylation sites (N-methyl/N-ethyl adjacent to an activating group) is 1. The molecule has 0 aliphatic carbocycles. The zero-order valence-corrected chi connectivity index (χ0v) is 10.6. The predicted octanol–water partition coefficient (Wildman–Crippen LogP) is 1.65. The maximum atomic E-state index is 4.53. The molecule has 1 aliphatic rings. The molecule has 2 heterocycles. The van der Waals surface area contributed by atoms with Crippen molar-refractivity contribution in [1.82, 2.24) is 20.2 Å². The van der Waals surface area contributed by atoms with Gasteiger partial charge in [-0.05, 0) is 12.6 Å². The molecule has 1 aromatic heterocycles. The average molecular weight is 242 g/mol. The molecule has 1 aliphatic heterocycles. The third-order valence-corrected chi connectivity index (χ3v) is 3.51. The number of rotatable bonds is 2. The zero-order valence-electron chi connectivity index (χ0n) is 10.6. The summed E-state index contributed by atoms with van der Waals surface area (Å²) in [6.45, 7) is 3.07. The predicted molar refractivity (Wildman–Crippen MR) is 72.3 cm³/mol. The molecule has 4 heteroatoms. The lowest BCUT2D eigenvalue weighted by molar-refractivity contribution is 0.195. The van der Waals surface area contributed by atoms with E-state index in [0.29, 0.717) is 6.04 Å². The van der Waals surface area contributed by atoms with E-state index in [1.807, 2.05) is 24.4 Å². The van der Waals surface area contributed by atoms with Gasteiger partial charge in [-0.3, -0.25) is 4.90 Å². The highest BCUT2D eigenvalue weighted by molar-refractivity contribution is 5.58. The average Bonchev–Trinajstić information content (AvgIpc) is 2.90. The van der Waals surface area contributed by atoms with Crippen molar-refractivity contribution in [1.29, 1.82) is 0 Å². The second-order valence-electron chi connectivity index (χ2n) is 4.75. The van der Waals surface area contributed by atoms with Gasteiger partial charge in [0, 0.05) is 19.6 Å². The number of nitrogens with zero attached hydrogens (tertiary/aromatic N) is 2. The van der Waals surface area contributed by atoms with Crippen molar-refractivity contribution < 1.29 is 0 Å². The van der Waals surface area contributed by atoms with Crippen LogP contribution in [0.3, 0.4) is 0 Å². The first kappa shape index (κ1) is 11.4. The van der Waals surface area contributed by atoms with Crippen LogP contribution in [-0.4, -0.2) is 41.5 Å². The highest BCUT2D eigenvalue weighted by Crippen LogP contribution is 2.22. The van der Waals surface area contributed by atoms with E-state index in [-0.39, 0.29) is 0 Å². The minimum atomic E-state index is 0.344. The molecule has 4 nitrogen and oxygen atoms in total. The van der Waals surface area contributed by atoms with Gasteiger partial charge in [-0.2, -0.15) is 0 Å². The molecule has 94 valence electrons. The van der Waals surface area contributed by atoms with Crippen LogP contribution in [0.2, 0.25) is 0 Å². The monoisotopic (exact) mass is 242 g/mol. The van der Waals surface area contributed by atoms with E-state index in [0.717, 1.165) is 31.2 Å². The van der Waals surface area contributed by atoms with E-state index in [1.165, 1.54) is 5.56 Å². The Morgan fingerprint density at radius 3 is 2.89 bits per heavy atom. The number of aromatic nitrogens is 2. The number of hydrogen-bond acceptors (Lipinski definition) is 3. The molecule has 1 aromatic carbocycles. The topological polar surface area (TPSA) is 44.0 Å². The summed E-state index contributed by atoms with van der Waals surface area (Å²) in [6.07, 6.45) is 1.92. The number of piperazine rings is 1. The lowest BCUT2D eigenvalue weighted by Crippen LogP contribution is -2.44. The Balaban J connectivity index is 1.85. The van der Waals surface area contributed by atoms with Gasteiger partial charge in [-0.1, -0.05) is 30.3 Å². The third kappa shape index (κ3) is 2.17. The third-order valence-electron chi connectivity index (χ3n) is 3.51. The van der Waals surface area contributed by atoms with Crippen molar-refractivity contribution in [2.24, 2.45) is 0 Å². The molecule has 3 rings (SSSR count). The van der Waals surface area contributed by atoms with Crippen LogP contribution >= 0.6 is 0 Å². The minimum absolute atomic E-state index is 0.344. The van der Waals surface area contributed by atoms with Crippen LogP contribution in [-0.2, 0) is 0 Å². The number of nitrogens with one attached hydrogen (secondary N) is 2. The SMILES string of the molecule is CN1CCNCC1c1ncc(-c2ccccc2)[nH]1. The van der Waals surface area contributed by atoms with E-state index in [1.54, 1.807) is 0 Å². The Labute approximate surface area is 107 Å². The molecule has 0 spiro atoms. The fourth-order valence-corrected chi connectivity index (χ4v) is 2.38. The van der Waals surface area contributed by atoms with Crippen molar-refractivity contribution in [3.05, 3.63) is 42.4 Å². The highest BCUT2D eigenvalue weighted by Gasteiger charge is 2.22. The largest absolute Gasteiger partial charge is 0.341 e. The molecule has 0 saturated carbocycles. The van der Waals surface area contributed by atoms with Gasteiger partial charge in [0.15, 0.2) is 0 Å². The quantitative estimate of drug-likeness (QED) is 0.841. The molecule has 1 unspecified atom stereocenters.